The summed E-state index contributed by atoms with van der Waals surface area (Å²) in [5.74, 6) is -0.692. The van der Waals surface area contributed by atoms with Crippen LogP contribution in [0.25, 0.3) is 0 Å². The van der Waals surface area contributed by atoms with Crippen LogP contribution >= 0.6 is 0 Å². The molecule has 0 aliphatic heterocycles. The molecule has 0 spiro atoms. The second kappa shape index (κ2) is 5.55. The summed E-state index contributed by atoms with van der Waals surface area (Å²) in [7, 11) is -3.51. The molecule has 0 aliphatic carbocycles. The van der Waals surface area contributed by atoms with Gasteiger partial charge in [-0.25, -0.2) is 18.5 Å². The topological polar surface area (TPSA) is 135 Å². The summed E-state index contributed by atoms with van der Waals surface area (Å²) < 4.78 is 21.2. The molecular formula is C8H12N4O4S. The molecule has 0 aromatic carbocycles. The van der Waals surface area contributed by atoms with Gasteiger partial charge in [0.15, 0.2) is 0 Å². The van der Waals surface area contributed by atoms with Crippen molar-refractivity contribution in [2.45, 2.75) is 6.42 Å². The first-order valence-electron chi connectivity index (χ1n) is 4.72. The van der Waals surface area contributed by atoms with Crippen LogP contribution in [0.15, 0.2) is 17.2 Å². The Balaban J connectivity index is 2.40. The van der Waals surface area contributed by atoms with Crippen LogP contribution in [0.4, 0.5) is 0 Å². The Bertz CT molecular complexity index is 530. The molecular weight excluding hydrogens is 248 g/mol. The van der Waals surface area contributed by atoms with E-state index >= 15 is 0 Å². The molecule has 0 radical (unpaired) electrons. The van der Waals surface area contributed by atoms with Crippen LogP contribution < -0.4 is 16.0 Å². The number of aromatic nitrogens is 2. The third-order valence-electron chi connectivity index (χ3n) is 1.80. The zero-order valence-electron chi connectivity index (χ0n) is 8.84. The first-order chi connectivity index (χ1) is 7.88. The Hall–Kier alpha value is -1.74. The van der Waals surface area contributed by atoms with E-state index in [0.29, 0.717) is 0 Å². The monoisotopic (exact) mass is 260 g/mol. The van der Waals surface area contributed by atoms with Gasteiger partial charge < -0.3 is 10.3 Å². The number of carbonyl (C=O) groups excluding carboxylic acids is 1. The zero-order valence-corrected chi connectivity index (χ0v) is 9.66. The predicted octanol–water partition coefficient (Wildman–Crippen LogP) is -1.82. The molecule has 1 amide bonds. The molecule has 0 fully saturated rings. The van der Waals surface area contributed by atoms with Gasteiger partial charge in [0.2, 0.25) is 10.0 Å². The van der Waals surface area contributed by atoms with Gasteiger partial charge in [0.05, 0.1) is 11.9 Å². The van der Waals surface area contributed by atoms with E-state index in [9.17, 15) is 18.0 Å². The fourth-order valence-corrected chi connectivity index (χ4v) is 1.58. The molecule has 1 heterocycles. The lowest BCUT2D eigenvalue weighted by Gasteiger charge is -2.03. The molecule has 1 rings (SSSR count). The van der Waals surface area contributed by atoms with Crippen molar-refractivity contribution in [3.05, 3.63) is 28.4 Å². The van der Waals surface area contributed by atoms with Crippen molar-refractivity contribution >= 4 is 15.9 Å². The van der Waals surface area contributed by atoms with Crippen LogP contribution in [0.1, 0.15) is 16.9 Å². The maximum absolute atomic E-state index is 11.4. The largest absolute Gasteiger partial charge is 0.351 e. The molecule has 17 heavy (non-hydrogen) atoms. The molecule has 0 bridgehead atoms. The number of hydrogen-bond acceptors (Lipinski definition) is 5. The molecule has 0 saturated heterocycles. The Morgan fingerprint density at radius 1 is 1.53 bits per heavy atom. The second-order valence-electron chi connectivity index (χ2n) is 3.27. The van der Waals surface area contributed by atoms with Gasteiger partial charge in [-0.15, -0.1) is 0 Å². The number of nitrogens with two attached hydrogens (primary N) is 1. The summed E-state index contributed by atoms with van der Waals surface area (Å²) >= 11 is 0. The van der Waals surface area contributed by atoms with Crippen LogP contribution in [0.3, 0.4) is 0 Å². The van der Waals surface area contributed by atoms with Gasteiger partial charge in [-0.1, -0.05) is 0 Å². The number of primary sulfonamides is 1. The van der Waals surface area contributed by atoms with Gasteiger partial charge >= 0.3 is 0 Å². The molecule has 1 aromatic rings. The fraction of sp³-hybridized carbons (Fsp3) is 0.375. The first-order valence-corrected chi connectivity index (χ1v) is 6.43. The SMILES string of the molecule is NS(=O)(=O)CCCNC(=O)c1c[nH]c(=O)cn1. The average molecular weight is 260 g/mol. The van der Waals surface area contributed by atoms with E-state index in [2.05, 4.69) is 15.3 Å². The summed E-state index contributed by atoms with van der Waals surface area (Å²) in [5.41, 5.74) is -0.351. The lowest BCUT2D eigenvalue weighted by molar-refractivity contribution is 0.0948. The minimum atomic E-state index is -3.51. The lowest BCUT2D eigenvalue weighted by Crippen LogP contribution is -2.28. The quantitative estimate of drug-likeness (QED) is 0.535. The van der Waals surface area contributed by atoms with Crippen LogP contribution in [-0.2, 0) is 10.0 Å². The summed E-state index contributed by atoms with van der Waals surface area (Å²) in [6, 6.07) is 0. The van der Waals surface area contributed by atoms with Crippen LogP contribution in [0.5, 0.6) is 0 Å². The lowest BCUT2D eigenvalue weighted by atomic mass is 10.4. The number of rotatable bonds is 5. The molecule has 4 N–H and O–H groups in total. The predicted molar refractivity (Wildman–Crippen MR) is 59.8 cm³/mol. The number of sulfonamides is 1. The number of nitrogens with zero attached hydrogens (tertiary/aromatic N) is 1. The highest BCUT2D eigenvalue weighted by Crippen LogP contribution is 1.89. The van der Waals surface area contributed by atoms with E-state index in [4.69, 9.17) is 5.14 Å². The van der Waals surface area contributed by atoms with E-state index in [1.54, 1.807) is 0 Å². The average Bonchev–Trinajstić information content (AvgIpc) is 2.24. The van der Waals surface area contributed by atoms with Gasteiger partial charge in [0, 0.05) is 12.7 Å². The molecule has 1 aromatic heterocycles. The van der Waals surface area contributed by atoms with Gasteiger partial charge in [0.25, 0.3) is 11.5 Å². The normalized spacial score (nSPS) is 11.1. The van der Waals surface area contributed by atoms with Crippen molar-refractivity contribution in [1.82, 2.24) is 15.3 Å². The number of amides is 1. The highest BCUT2D eigenvalue weighted by atomic mass is 32.2. The standard InChI is InChI=1S/C8H12N4O4S/c9-17(15,16)3-1-2-10-8(14)6-4-12-7(13)5-11-6/h4-5H,1-3H2,(H,10,14)(H,12,13)(H2,9,15,16). The number of nitrogens with one attached hydrogen (secondary N) is 2. The molecule has 0 saturated carbocycles. The highest BCUT2D eigenvalue weighted by Gasteiger charge is 2.07. The van der Waals surface area contributed by atoms with Crippen molar-refractivity contribution in [3.63, 3.8) is 0 Å². The molecule has 9 heteroatoms. The van der Waals surface area contributed by atoms with Crippen molar-refractivity contribution < 1.29 is 13.2 Å². The number of hydrogen-bond donors (Lipinski definition) is 3. The van der Waals surface area contributed by atoms with Crippen LogP contribution in [0, 0.1) is 0 Å². The van der Waals surface area contributed by atoms with E-state index < -0.39 is 21.5 Å². The van der Waals surface area contributed by atoms with E-state index in [0.717, 1.165) is 6.20 Å². The van der Waals surface area contributed by atoms with Crippen molar-refractivity contribution in [3.8, 4) is 0 Å². The van der Waals surface area contributed by atoms with Gasteiger partial charge in [0.1, 0.15) is 5.69 Å². The molecule has 0 unspecified atom stereocenters. The van der Waals surface area contributed by atoms with E-state index in [-0.39, 0.29) is 24.4 Å². The molecule has 94 valence electrons. The summed E-state index contributed by atoms with van der Waals surface area (Å²) in [6.07, 6.45) is 2.38. The minimum Gasteiger partial charge on any atom is -0.351 e. The molecule has 0 aliphatic rings. The number of H-pyrrole nitrogens is 1. The Morgan fingerprint density at radius 2 is 2.24 bits per heavy atom. The van der Waals surface area contributed by atoms with Gasteiger partial charge in [-0.05, 0) is 6.42 Å². The smallest absolute Gasteiger partial charge is 0.271 e. The van der Waals surface area contributed by atoms with E-state index in [1.807, 2.05) is 0 Å². The Morgan fingerprint density at radius 3 is 2.76 bits per heavy atom. The number of aromatic amines is 1. The van der Waals surface area contributed by atoms with Gasteiger partial charge in [-0.2, -0.15) is 0 Å². The van der Waals surface area contributed by atoms with Crippen molar-refractivity contribution in [1.29, 1.82) is 0 Å². The third kappa shape index (κ3) is 5.22. The molecule has 8 nitrogen and oxygen atoms in total. The molecule has 0 atom stereocenters. The summed E-state index contributed by atoms with van der Waals surface area (Å²) in [4.78, 5) is 28.0. The maximum atomic E-state index is 11.4. The fourth-order valence-electron chi connectivity index (χ4n) is 1.03. The Labute approximate surface area is 97.3 Å². The first kappa shape index (κ1) is 13.3. The number of carbonyl (C=O) groups is 1. The Kier molecular flexibility index (Phi) is 4.35. The van der Waals surface area contributed by atoms with Gasteiger partial charge in [-0.3, -0.25) is 9.59 Å². The summed E-state index contributed by atoms with van der Waals surface area (Å²) in [5, 5.41) is 7.24. The van der Waals surface area contributed by atoms with Crippen molar-refractivity contribution in [2.75, 3.05) is 12.3 Å². The van der Waals surface area contributed by atoms with Crippen molar-refractivity contribution in [2.24, 2.45) is 5.14 Å². The zero-order chi connectivity index (χ0) is 12.9. The van der Waals surface area contributed by atoms with Crippen LogP contribution in [-0.4, -0.2) is 36.6 Å². The van der Waals surface area contributed by atoms with Crippen LogP contribution in [0.2, 0.25) is 0 Å². The highest BCUT2D eigenvalue weighted by molar-refractivity contribution is 7.89. The maximum Gasteiger partial charge on any atom is 0.271 e. The second-order valence-corrected chi connectivity index (χ2v) is 5.01. The third-order valence-corrected chi connectivity index (χ3v) is 2.65. The summed E-state index contributed by atoms with van der Waals surface area (Å²) in [6.45, 7) is 0.163. The minimum absolute atomic E-state index is 0.0557. The van der Waals surface area contributed by atoms with E-state index in [1.165, 1.54) is 6.20 Å².